The monoisotopic (exact) mass is 287 g/mol. The van der Waals surface area contributed by atoms with E-state index in [1.54, 1.807) is 0 Å². The Labute approximate surface area is 102 Å². The lowest BCUT2D eigenvalue weighted by atomic mass is 10.3. The van der Waals surface area contributed by atoms with Gasteiger partial charge in [-0.05, 0) is 0 Å². The minimum Gasteiger partial charge on any atom is -0.382 e. The minimum atomic E-state index is -4.87. The summed E-state index contributed by atoms with van der Waals surface area (Å²) in [7, 11) is -1.66. The first-order chi connectivity index (χ1) is 8.05. The van der Waals surface area contributed by atoms with Crippen LogP contribution >= 0.6 is 0 Å². The van der Waals surface area contributed by atoms with Crippen LogP contribution in [0.3, 0.4) is 0 Å². The van der Waals surface area contributed by atoms with E-state index in [0.29, 0.717) is 4.31 Å². The van der Waals surface area contributed by atoms with Gasteiger partial charge in [0.05, 0.1) is 6.33 Å². The lowest BCUT2D eigenvalue weighted by molar-refractivity contribution is -0.204. The number of aliphatic hydroxyl groups is 1. The van der Waals surface area contributed by atoms with E-state index in [1.165, 1.54) is 17.9 Å². The second kappa shape index (κ2) is 4.86. The van der Waals surface area contributed by atoms with Crippen LogP contribution in [0.2, 0.25) is 0 Å². The molecule has 0 fully saturated rings. The van der Waals surface area contributed by atoms with Crippen molar-refractivity contribution >= 4 is 10.0 Å². The Hall–Kier alpha value is -1.13. The average Bonchev–Trinajstić information content (AvgIpc) is 2.63. The Balaban J connectivity index is 2.87. The summed E-state index contributed by atoms with van der Waals surface area (Å²) in [5.41, 5.74) is 0. The van der Waals surface area contributed by atoms with E-state index in [0.717, 1.165) is 13.2 Å². The maximum Gasteiger partial charge on any atom is 0.415 e. The van der Waals surface area contributed by atoms with Crippen LogP contribution < -0.4 is 0 Å². The summed E-state index contributed by atoms with van der Waals surface area (Å²) in [5.74, 6) is 0. The topological polar surface area (TPSA) is 75.4 Å². The van der Waals surface area contributed by atoms with Gasteiger partial charge in [-0.2, -0.15) is 17.5 Å². The second-order valence-corrected chi connectivity index (χ2v) is 5.71. The molecule has 0 saturated heterocycles. The molecule has 0 aliphatic heterocycles. The van der Waals surface area contributed by atoms with E-state index in [4.69, 9.17) is 5.11 Å². The van der Waals surface area contributed by atoms with Crippen molar-refractivity contribution in [2.24, 2.45) is 7.05 Å². The van der Waals surface area contributed by atoms with E-state index >= 15 is 0 Å². The zero-order valence-electron chi connectivity index (χ0n) is 9.59. The van der Waals surface area contributed by atoms with Gasteiger partial charge in [0.1, 0.15) is 0 Å². The molecule has 0 aromatic carbocycles. The van der Waals surface area contributed by atoms with Crippen LogP contribution in [0.15, 0.2) is 17.6 Å². The van der Waals surface area contributed by atoms with Gasteiger partial charge in [-0.25, -0.2) is 13.4 Å². The summed E-state index contributed by atoms with van der Waals surface area (Å²) in [6.45, 7) is -1.08. The highest BCUT2D eigenvalue weighted by molar-refractivity contribution is 7.89. The van der Waals surface area contributed by atoms with Crippen molar-refractivity contribution in [2.45, 2.75) is 17.3 Å². The summed E-state index contributed by atoms with van der Waals surface area (Å²) in [4.78, 5) is 3.55. The van der Waals surface area contributed by atoms with Crippen molar-refractivity contribution in [1.29, 1.82) is 0 Å². The lowest BCUT2D eigenvalue weighted by Gasteiger charge is -2.21. The normalized spacial score (nSPS) is 15.1. The van der Waals surface area contributed by atoms with Crippen molar-refractivity contribution in [2.75, 3.05) is 13.6 Å². The number of imidazole rings is 1. The Kier molecular flexibility index (Phi) is 4.03. The number of aryl methyl sites for hydroxylation is 1. The number of alkyl halides is 3. The molecule has 0 aliphatic carbocycles. The van der Waals surface area contributed by atoms with Gasteiger partial charge in [0, 0.05) is 26.8 Å². The number of sulfonamides is 1. The predicted molar refractivity (Wildman–Crippen MR) is 55.1 cm³/mol. The molecule has 18 heavy (non-hydrogen) atoms. The number of rotatable bonds is 4. The molecule has 6 nitrogen and oxygen atoms in total. The molecule has 10 heteroatoms. The van der Waals surface area contributed by atoms with Gasteiger partial charge in [-0.3, -0.25) is 0 Å². The first-order valence-electron chi connectivity index (χ1n) is 4.74. The zero-order chi connectivity index (χ0) is 14.1. The smallest absolute Gasteiger partial charge is 0.382 e. The fourth-order valence-electron chi connectivity index (χ4n) is 1.13. The molecule has 104 valence electrons. The van der Waals surface area contributed by atoms with Crippen molar-refractivity contribution in [3.8, 4) is 0 Å². The fourth-order valence-corrected chi connectivity index (χ4v) is 2.26. The molecule has 0 spiro atoms. The maximum atomic E-state index is 12.1. The quantitative estimate of drug-likeness (QED) is 0.843. The van der Waals surface area contributed by atoms with Crippen LogP contribution in [0.5, 0.6) is 0 Å². The third-order valence-corrected chi connectivity index (χ3v) is 3.87. The van der Waals surface area contributed by atoms with Crippen molar-refractivity contribution in [3.05, 3.63) is 12.5 Å². The van der Waals surface area contributed by atoms with Gasteiger partial charge in [0.15, 0.2) is 11.1 Å². The largest absolute Gasteiger partial charge is 0.415 e. The van der Waals surface area contributed by atoms with E-state index in [9.17, 15) is 21.6 Å². The molecular weight excluding hydrogens is 275 g/mol. The molecule has 1 unspecified atom stereocenters. The van der Waals surface area contributed by atoms with Gasteiger partial charge >= 0.3 is 6.18 Å². The molecule has 1 aromatic rings. The van der Waals surface area contributed by atoms with Crippen LogP contribution in [0.25, 0.3) is 0 Å². The molecule has 0 amide bonds. The van der Waals surface area contributed by atoms with Crippen molar-refractivity contribution < 1.29 is 26.7 Å². The first kappa shape index (κ1) is 14.9. The highest BCUT2D eigenvalue weighted by Crippen LogP contribution is 2.22. The summed E-state index contributed by atoms with van der Waals surface area (Å²) in [5, 5.41) is 8.44. The summed E-state index contributed by atoms with van der Waals surface area (Å²) >= 11 is 0. The molecule has 1 heterocycles. The third kappa shape index (κ3) is 3.21. The van der Waals surface area contributed by atoms with Crippen LogP contribution in [0.1, 0.15) is 0 Å². The lowest BCUT2D eigenvalue weighted by Crippen LogP contribution is -2.41. The number of halogens is 3. The molecule has 0 saturated carbocycles. The van der Waals surface area contributed by atoms with Crippen molar-refractivity contribution in [3.63, 3.8) is 0 Å². The zero-order valence-corrected chi connectivity index (χ0v) is 10.4. The molecular formula is C8H12F3N3O3S. The molecule has 0 radical (unpaired) electrons. The van der Waals surface area contributed by atoms with Gasteiger partial charge in [-0.15, -0.1) is 0 Å². The number of likely N-dealkylation sites (N-methyl/N-ethyl adjacent to an activating group) is 1. The van der Waals surface area contributed by atoms with E-state index in [1.807, 2.05) is 0 Å². The SMILES string of the molecule is CN(CC(O)C(F)(F)F)S(=O)(=O)c1cn(C)cn1. The highest BCUT2D eigenvalue weighted by Gasteiger charge is 2.40. The summed E-state index contributed by atoms with van der Waals surface area (Å²) < 4.78 is 61.7. The Morgan fingerprint density at radius 3 is 2.50 bits per heavy atom. The number of aromatic nitrogens is 2. The van der Waals surface area contributed by atoms with E-state index < -0.39 is 28.8 Å². The maximum absolute atomic E-state index is 12.1. The van der Waals surface area contributed by atoms with Gasteiger partial charge in [0.25, 0.3) is 10.0 Å². The second-order valence-electron chi connectivity index (χ2n) is 3.72. The molecule has 0 aliphatic rings. The molecule has 1 rings (SSSR count). The highest BCUT2D eigenvalue weighted by atomic mass is 32.2. The number of aliphatic hydroxyl groups excluding tert-OH is 1. The summed E-state index contributed by atoms with van der Waals surface area (Å²) in [6, 6.07) is 0. The van der Waals surface area contributed by atoms with Crippen LogP contribution in [0, 0.1) is 0 Å². The Bertz CT molecular complexity index is 511. The standard InChI is InChI=1S/C8H12F3N3O3S/c1-13-4-7(12-5-13)18(16,17)14(2)3-6(15)8(9,10)11/h4-6,15H,3H2,1-2H3. The van der Waals surface area contributed by atoms with E-state index in [2.05, 4.69) is 4.98 Å². The Morgan fingerprint density at radius 1 is 1.56 bits per heavy atom. The van der Waals surface area contributed by atoms with Crippen molar-refractivity contribution in [1.82, 2.24) is 13.9 Å². The van der Waals surface area contributed by atoms with Crippen LogP contribution in [-0.2, 0) is 17.1 Å². The molecule has 0 bridgehead atoms. The molecule has 1 aromatic heterocycles. The minimum absolute atomic E-state index is 0.373. The Morgan fingerprint density at radius 2 is 2.11 bits per heavy atom. The van der Waals surface area contributed by atoms with Crippen LogP contribution in [0.4, 0.5) is 13.2 Å². The van der Waals surface area contributed by atoms with Gasteiger partial charge in [0.2, 0.25) is 0 Å². The molecule has 1 atom stereocenters. The number of nitrogens with zero attached hydrogens (tertiary/aromatic N) is 3. The van der Waals surface area contributed by atoms with Gasteiger partial charge < -0.3 is 9.67 Å². The average molecular weight is 287 g/mol. The number of hydrogen-bond donors (Lipinski definition) is 1. The fraction of sp³-hybridized carbons (Fsp3) is 0.625. The summed E-state index contributed by atoms with van der Waals surface area (Å²) in [6.07, 6.45) is -5.23. The predicted octanol–water partition coefficient (Wildman–Crippen LogP) is -0.0362. The first-order valence-corrected chi connectivity index (χ1v) is 6.18. The van der Waals surface area contributed by atoms with Crippen LogP contribution in [-0.4, -0.2) is 53.3 Å². The molecule has 1 N–H and O–H groups in total. The van der Waals surface area contributed by atoms with E-state index in [-0.39, 0.29) is 5.03 Å². The third-order valence-electron chi connectivity index (χ3n) is 2.16. The van der Waals surface area contributed by atoms with Gasteiger partial charge in [-0.1, -0.05) is 0 Å². The number of hydrogen-bond acceptors (Lipinski definition) is 4.